The van der Waals surface area contributed by atoms with Crippen LogP contribution in [0, 0.1) is 10.8 Å². The molecule has 0 fully saturated rings. The first-order chi connectivity index (χ1) is 15.4. The number of anilines is 1. The first kappa shape index (κ1) is 22.4. The molecule has 1 amide bonds. The van der Waals surface area contributed by atoms with Crippen molar-refractivity contribution in [3.8, 4) is 17.3 Å². The summed E-state index contributed by atoms with van der Waals surface area (Å²) in [5, 5.41) is 22.8. The van der Waals surface area contributed by atoms with Gasteiger partial charge in [-0.3, -0.25) is 20.6 Å². The molecule has 0 saturated heterocycles. The third-order valence-corrected chi connectivity index (χ3v) is 4.50. The summed E-state index contributed by atoms with van der Waals surface area (Å²) in [4.78, 5) is 22.8. The lowest BCUT2D eigenvalue weighted by Crippen LogP contribution is -2.36. The molecule has 3 heterocycles. The number of amides is 1. The van der Waals surface area contributed by atoms with Crippen LogP contribution in [0.15, 0.2) is 42.9 Å². The van der Waals surface area contributed by atoms with Gasteiger partial charge in [-0.1, -0.05) is 6.07 Å². The Bertz CT molecular complexity index is 1140. The number of hydrogen-bond donors (Lipinski definition) is 3. The second-order valence-electron chi connectivity index (χ2n) is 6.92. The van der Waals surface area contributed by atoms with E-state index in [0.29, 0.717) is 17.1 Å². The standard InChI is InChI=1S/C21H24N8O3/c1-13(2)28(12-22)19(23)17-6-5-7-18(25-17)26-20(30)16-11-29(27-21(16)32-4)14-8-15(31-3)10-24-9-14/h5-13,22-23H,1-4H3,(H,25,26,30). The van der Waals surface area contributed by atoms with Crippen molar-refractivity contribution in [2.45, 2.75) is 19.9 Å². The fourth-order valence-corrected chi connectivity index (χ4v) is 2.87. The Kier molecular flexibility index (Phi) is 6.78. The number of nitrogens with one attached hydrogen (secondary N) is 3. The Hall–Kier alpha value is -4.28. The quantitative estimate of drug-likeness (QED) is 0.364. The van der Waals surface area contributed by atoms with E-state index in [9.17, 15) is 4.79 Å². The molecule has 0 aliphatic heterocycles. The highest BCUT2D eigenvalue weighted by molar-refractivity contribution is 6.06. The van der Waals surface area contributed by atoms with E-state index in [4.69, 9.17) is 20.3 Å². The Morgan fingerprint density at radius 2 is 2.03 bits per heavy atom. The SMILES string of the molecule is COc1cncc(-n2cc(C(=O)Nc3cccc(C(=N)N(C=N)C(C)C)n3)c(OC)n2)c1. The minimum Gasteiger partial charge on any atom is -0.495 e. The molecular weight excluding hydrogens is 412 g/mol. The number of carbonyl (C=O) groups excluding carboxylic acids is 1. The fourth-order valence-electron chi connectivity index (χ4n) is 2.87. The summed E-state index contributed by atoms with van der Waals surface area (Å²) in [6, 6.07) is 6.58. The maximum absolute atomic E-state index is 12.9. The molecule has 11 nitrogen and oxygen atoms in total. The zero-order valence-corrected chi connectivity index (χ0v) is 18.2. The summed E-state index contributed by atoms with van der Waals surface area (Å²) in [5.74, 6) is 0.509. The second kappa shape index (κ2) is 9.69. The summed E-state index contributed by atoms with van der Waals surface area (Å²) < 4.78 is 11.9. The van der Waals surface area contributed by atoms with Crippen LogP contribution in [0.2, 0.25) is 0 Å². The van der Waals surface area contributed by atoms with Crippen molar-refractivity contribution in [1.82, 2.24) is 24.6 Å². The van der Waals surface area contributed by atoms with Gasteiger partial charge in [-0.05, 0) is 26.0 Å². The van der Waals surface area contributed by atoms with Gasteiger partial charge in [-0.2, -0.15) is 0 Å². The summed E-state index contributed by atoms with van der Waals surface area (Å²) in [5.41, 5.74) is 1.11. The van der Waals surface area contributed by atoms with Gasteiger partial charge < -0.3 is 19.7 Å². The third-order valence-electron chi connectivity index (χ3n) is 4.50. The lowest BCUT2D eigenvalue weighted by molar-refractivity contribution is 0.102. The lowest BCUT2D eigenvalue weighted by Gasteiger charge is -2.23. The highest BCUT2D eigenvalue weighted by Gasteiger charge is 2.20. The zero-order chi connectivity index (χ0) is 23.3. The highest BCUT2D eigenvalue weighted by Crippen LogP contribution is 2.22. The second-order valence-corrected chi connectivity index (χ2v) is 6.92. The van der Waals surface area contributed by atoms with E-state index in [2.05, 4.69) is 20.4 Å². The van der Waals surface area contributed by atoms with Crippen molar-refractivity contribution in [2.24, 2.45) is 0 Å². The molecule has 32 heavy (non-hydrogen) atoms. The number of amidine groups is 1. The minimum atomic E-state index is -0.479. The molecule has 0 unspecified atom stereocenters. The Morgan fingerprint density at radius 3 is 2.69 bits per heavy atom. The molecule has 0 bridgehead atoms. The van der Waals surface area contributed by atoms with Crippen LogP contribution in [0.1, 0.15) is 29.9 Å². The van der Waals surface area contributed by atoms with Crippen LogP contribution in [0.4, 0.5) is 5.82 Å². The number of aromatic nitrogens is 4. The maximum Gasteiger partial charge on any atom is 0.263 e. The van der Waals surface area contributed by atoms with Crippen molar-refractivity contribution < 1.29 is 14.3 Å². The van der Waals surface area contributed by atoms with Gasteiger partial charge in [0.1, 0.15) is 22.8 Å². The molecule has 0 radical (unpaired) electrons. The first-order valence-corrected chi connectivity index (χ1v) is 9.67. The number of carbonyl (C=O) groups is 1. The van der Waals surface area contributed by atoms with Gasteiger partial charge in [0.2, 0.25) is 5.88 Å². The van der Waals surface area contributed by atoms with Crippen molar-refractivity contribution in [1.29, 1.82) is 10.8 Å². The first-order valence-electron chi connectivity index (χ1n) is 9.67. The Labute approximate surface area is 185 Å². The molecule has 0 aromatic carbocycles. The number of rotatable bonds is 8. The highest BCUT2D eigenvalue weighted by atomic mass is 16.5. The van der Waals surface area contributed by atoms with Crippen LogP contribution in [-0.4, -0.2) is 63.0 Å². The van der Waals surface area contributed by atoms with Crippen LogP contribution in [0.3, 0.4) is 0 Å². The number of pyridine rings is 2. The van der Waals surface area contributed by atoms with Gasteiger partial charge in [0, 0.05) is 18.3 Å². The van der Waals surface area contributed by atoms with Crippen LogP contribution >= 0.6 is 0 Å². The normalized spacial score (nSPS) is 10.5. The van der Waals surface area contributed by atoms with E-state index in [1.165, 1.54) is 30.0 Å². The topological polar surface area (TPSA) is 142 Å². The largest absolute Gasteiger partial charge is 0.495 e. The molecule has 0 saturated carbocycles. The van der Waals surface area contributed by atoms with Gasteiger partial charge in [-0.15, -0.1) is 5.10 Å². The van der Waals surface area contributed by atoms with Gasteiger partial charge in [0.05, 0.1) is 38.6 Å². The van der Waals surface area contributed by atoms with Crippen LogP contribution in [-0.2, 0) is 0 Å². The summed E-state index contributed by atoms with van der Waals surface area (Å²) in [6.07, 6.45) is 5.74. The number of hydrogen-bond acceptors (Lipinski definition) is 8. The van der Waals surface area contributed by atoms with Gasteiger partial charge in [-0.25, -0.2) is 9.67 Å². The van der Waals surface area contributed by atoms with Gasteiger partial charge in [0.15, 0.2) is 5.84 Å². The van der Waals surface area contributed by atoms with Crippen LogP contribution in [0.25, 0.3) is 5.69 Å². The summed E-state index contributed by atoms with van der Waals surface area (Å²) >= 11 is 0. The molecule has 0 spiro atoms. The average molecular weight is 436 g/mol. The molecule has 11 heteroatoms. The van der Waals surface area contributed by atoms with Crippen molar-refractivity contribution >= 4 is 23.9 Å². The Balaban J connectivity index is 1.85. The molecular formula is C21H24N8O3. The molecule has 3 aromatic heterocycles. The van der Waals surface area contributed by atoms with Crippen molar-refractivity contribution in [3.63, 3.8) is 0 Å². The van der Waals surface area contributed by atoms with E-state index in [1.807, 2.05) is 13.8 Å². The summed E-state index contributed by atoms with van der Waals surface area (Å²) in [6.45, 7) is 3.74. The van der Waals surface area contributed by atoms with Crippen LogP contribution < -0.4 is 14.8 Å². The zero-order valence-electron chi connectivity index (χ0n) is 18.2. The fraction of sp³-hybridized carbons (Fsp3) is 0.238. The molecule has 3 aromatic rings. The molecule has 0 atom stereocenters. The smallest absolute Gasteiger partial charge is 0.263 e. The van der Waals surface area contributed by atoms with E-state index in [1.54, 1.807) is 36.7 Å². The van der Waals surface area contributed by atoms with Crippen molar-refractivity contribution in [2.75, 3.05) is 19.5 Å². The predicted molar refractivity (Wildman–Crippen MR) is 119 cm³/mol. The average Bonchev–Trinajstić information content (AvgIpc) is 3.24. The molecule has 3 N–H and O–H groups in total. The van der Waals surface area contributed by atoms with Gasteiger partial charge in [0.25, 0.3) is 5.91 Å². The van der Waals surface area contributed by atoms with Gasteiger partial charge >= 0.3 is 0 Å². The summed E-state index contributed by atoms with van der Waals surface area (Å²) in [7, 11) is 2.96. The number of nitrogens with zero attached hydrogens (tertiary/aromatic N) is 5. The molecule has 0 aliphatic carbocycles. The Morgan fingerprint density at radius 1 is 1.25 bits per heavy atom. The van der Waals surface area contributed by atoms with Crippen LogP contribution in [0.5, 0.6) is 11.6 Å². The van der Waals surface area contributed by atoms with E-state index >= 15 is 0 Å². The lowest BCUT2D eigenvalue weighted by atomic mass is 10.2. The van der Waals surface area contributed by atoms with E-state index in [0.717, 1.165) is 6.34 Å². The number of ether oxygens (including phenoxy) is 2. The molecule has 0 aliphatic rings. The van der Waals surface area contributed by atoms with E-state index < -0.39 is 5.91 Å². The maximum atomic E-state index is 12.9. The molecule has 166 valence electrons. The van der Waals surface area contributed by atoms with E-state index in [-0.39, 0.29) is 29.1 Å². The third kappa shape index (κ3) is 4.72. The minimum absolute atomic E-state index is 0.0574. The monoisotopic (exact) mass is 436 g/mol. The predicted octanol–water partition coefficient (Wildman–Crippen LogP) is 2.57. The van der Waals surface area contributed by atoms with Crippen molar-refractivity contribution in [3.05, 3.63) is 54.1 Å². The molecule has 3 rings (SSSR count). The number of methoxy groups -OCH3 is 2.